The number of carboxylic acid groups (broad SMARTS) is 2. The molecule has 0 aliphatic heterocycles. The predicted molar refractivity (Wildman–Crippen MR) is 114 cm³/mol. The van der Waals surface area contributed by atoms with Gasteiger partial charge in [0, 0.05) is 18.7 Å². The van der Waals surface area contributed by atoms with E-state index < -0.39 is 42.4 Å². The average Bonchev–Trinajstić information content (AvgIpc) is 2.70. The third kappa shape index (κ3) is 15.0. The van der Waals surface area contributed by atoms with Crippen molar-refractivity contribution in [3.8, 4) is 0 Å². The van der Waals surface area contributed by atoms with Gasteiger partial charge in [0.15, 0.2) is 0 Å². The van der Waals surface area contributed by atoms with Crippen LogP contribution in [0.4, 0.5) is 0 Å². The smallest absolute Gasteiger partial charge is 0.322 e. The van der Waals surface area contributed by atoms with Crippen LogP contribution in [-0.2, 0) is 19.2 Å². The minimum absolute atomic E-state index is 0.00481. The second-order valence-corrected chi connectivity index (χ2v) is 6.88. The molecular formula is C17H34N6O6S. The molecule has 174 valence electrons. The van der Waals surface area contributed by atoms with Gasteiger partial charge in [-0.25, -0.2) is 5.43 Å². The maximum atomic E-state index is 12.0. The SMILES string of the molecule is NCCCNCCCCNN[C@@H](CCC(=O)N[C@@H](CS)C(=O)NCC(=O)O)C(=O)O. The molecule has 2 amide bonds. The van der Waals surface area contributed by atoms with Crippen molar-refractivity contribution >= 4 is 36.4 Å². The summed E-state index contributed by atoms with van der Waals surface area (Å²) in [6.45, 7) is 2.39. The fraction of sp³-hybridized carbons (Fsp3) is 0.765. The van der Waals surface area contributed by atoms with E-state index in [4.69, 9.17) is 10.8 Å². The highest BCUT2D eigenvalue weighted by Crippen LogP contribution is 1.99. The average molecular weight is 451 g/mol. The van der Waals surface area contributed by atoms with Gasteiger partial charge in [-0.05, 0) is 45.3 Å². The standard InChI is InChI=1S/C17H34N6O6S/c18-6-3-8-19-7-1-2-9-21-23-12(17(28)29)4-5-14(24)22-13(11-30)16(27)20-10-15(25)26/h12-13,19,21,23,30H,1-11,18H2,(H,20,27)(H,22,24)(H,25,26)(H,28,29)/t12-,13-/m0/s1. The van der Waals surface area contributed by atoms with Crippen molar-refractivity contribution in [1.29, 1.82) is 0 Å². The van der Waals surface area contributed by atoms with Gasteiger partial charge in [-0.15, -0.1) is 0 Å². The molecular weight excluding hydrogens is 416 g/mol. The van der Waals surface area contributed by atoms with E-state index in [2.05, 4.69) is 39.4 Å². The Hall–Kier alpha value is -1.93. The monoisotopic (exact) mass is 450 g/mol. The molecule has 0 fully saturated rings. The molecule has 0 saturated heterocycles. The van der Waals surface area contributed by atoms with Crippen molar-refractivity contribution in [2.45, 2.75) is 44.2 Å². The van der Waals surface area contributed by atoms with Crippen molar-refractivity contribution in [3.63, 3.8) is 0 Å². The number of nitrogens with two attached hydrogens (primary N) is 1. The molecule has 13 heteroatoms. The Kier molecular flexibility index (Phi) is 16.7. The van der Waals surface area contributed by atoms with Crippen molar-refractivity contribution in [3.05, 3.63) is 0 Å². The summed E-state index contributed by atoms with van der Waals surface area (Å²) in [5.41, 5.74) is 10.9. The number of carboxylic acids is 2. The van der Waals surface area contributed by atoms with E-state index in [9.17, 15) is 24.3 Å². The van der Waals surface area contributed by atoms with Crippen LogP contribution < -0.4 is 32.5 Å². The number of hydrogen-bond donors (Lipinski definition) is 9. The van der Waals surface area contributed by atoms with Gasteiger partial charge in [0.25, 0.3) is 0 Å². The lowest BCUT2D eigenvalue weighted by atomic mass is 10.1. The molecule has 12 nitrogen and oxygen atoms in total. The maximum absolute atomic E-state index is 12.0. The Bertz CT molecular complexity index is 539. The molecule has 0 spiro atoms. The second kappa shape index (κ2) is 17.9. The van der Waals surface area contributed by atoms with Crippen LogP contribution in [0.1, 0.15) is 32.1 Å². The quantitative estimate of drug-likeness (QED) is 0.0584. The van der Waals surface area contributed by atoms with Crippen molar-refractivity contribution < 1.29 is 29.4 Å². The summed E-state index contributed by atoms with van der Waals surface area (Å²) in [4.78, 5) is 45.6. The first kappa shape index (κ1) is 28.1. The number of hydrazine groups is 1. The van der Waals surface area contributed by atoms with Crippen LogP contribution in [0.25, 0.3) is 0 Å². The number of rotatable bonds is 19. The zero-order valence-corrected chi connectivity index (χ0v) is 17.9. The number of nitrogens with one attached hydrogen (secondary N) is 5. The van der Waals surface area contributed by atoms with Crippen molar-refractivity contribution in [2.75, 3.05) is 38.5 Å². The number of amides is 2. The molecule has 0 saturated carbocycles. The number of carbonyl (C=O) groups excluding carboxylic acids is 2. The van der Waals surface area contributed by atoms with E-state index in [1.165, 1.54) is 0 Å². The van der Waals surface area contributed by atoms with Crippen LogP contribution in [0, 0.1) is 0 Å². The molecule has 0 bridgehead atoms. The van der Waals surface area contributed by atoms with Crippen molar-refractivity contribution in [2.24, 2.45) is 5.73 Å². The lowest BCUT2D eigenvalue weighted by molar-refractivity contribution is -0.140. The Morgan fingerprint density at radius 1 is 0.967 bits per heavy atom. The Morgan fingerprint density at radius 2 is 1.63 bits per heavy atom. The van der Waals surface area contributed by atoms with Crippen LogP contribution in [0.15, 0.2) is 0 Å². The number of thiol groups is 1. The van der Waals surface area contributed by atoms with Crippen LogP contribution in [0.3, 0.4) is 0 Å². The van der Waals surface area contributed by atoms with Gasteiger partial charge in [0.2, 0.25) is 11.8 Å². The lowest BCUT2D eigenvalue weighted by Gasteiger charge is -2.18. The summed E-state index contributed by atoms with van der Waals surface area (Å²) >= 11 is 3.96. The van der Waals surface area contributed by atoms with E-state index in [1.807, 2.05) is 0 Å². The Morgan fingerprint density at radius 3 is 2.23 bits per heavy atom. The lowest BCUT2D eigenvalue weighted by Crippen LogP contribution is -2.50. The molecule has 0 rings (SSSR count). The molecule has 0 aromatic heterocycles. The second-order valence-electron chi connectivity index (χ2n) is 6.51. The third-order valence-corrected chi connectivity index (χ3v) is 4.31. The number of unbranched alkanes of at least 4 members (excludes halogenated alkanes) is 1. The van der Waals surface area contributed by atoms with E-state index in [0.717, 1.165) is 32.4 Å². The van der Waals surface area contributed by atoms with Gasteiger partial charge in [-0.1, -0.05) is 0 Å². The first-order valence-corrected chi connectivity index (χ1v) is 10.5. The molecule has 0 aliphatic rings. The van der Waals surface area contributed by atoms with E-state index in [0.29, 0.717) is 13.1 Å². The van der Waals surface area contributed by atoms with Crippen LogP contribution >= 0.6 is 12.6 Å². The first-order chi connectivity index (χ1) is 14.3. The van der Waals surface area contributed by atoms with Crippen LogP contribution in [-0.4, -0.2) is 84.5 Å². The van der Waals surface area contributed by atoms with Crippen LogP contribution in [0.5, 0.6) is 0 Å². The number of hydrogen-bond acceptors (Lipinski definition) is 9. The molecule has 9 N–H and O–H groups in total. The van der Waals surface area contributed by atoms with Crippen LogP contribution in [0.2, 0.25) is 0 Å². The summed E-state index contributed by atoms with van der Waals surface area (Å²) in [5, 5.41) is 25.6. The van der Waals surface area contributed by atoms with Gasteiger partial charge in [-0.3, -0.25) is 24.6 Å². The summed E-state index contributed by atoms with van der Waals surface area (Å²) in [6.07, 6.45) is 2.56. The van der Waals surface area contributed by atoms with E-state index >= 15 is 0 Å². The molecule has 0 heterocycles. The largest absolute Gasteiger partial charge is 0.480 e. The first-order valence-electron chi connectivity index (χ1n) is 9.83. The van der Waals surface area contributed by atoms with Crippen molar-refractivity contribution in [1.82, 2.24) is 26.8 Å². The number of aliphatic carboxylic acids is 2. The Balaban J connectivity index is 4.12. The molecule has 30 heavy (non-hydrogen) atoms. The maximum Gasteiger partial charge on any atom is 0.322 e. The molecule has 2 atom stereocenters. The molecule has 0 aromatic rings. The number of carbonyl (C=O) groups is 4. The van der Waals surface area contributed by atoms with Gasteiger partial charge >= 0.3 is 11.9 Å². The van der Waals surface area contributed by atoms with Gasteiger partial charge in [0.05, 0.1) is 0 Å². The predicted octanol–water partition coefficient (Wildman–Crippen LogP) is -2.35. The molecule has 0 aromatic carbocycles. The molecule has 0 unspecified atom stereocenters. The topological polar surface area (TPSA) is 195 Å². The summed E-state index contributed by atoms with van der Waals surface area (Å²) in [5.74, 6) is -3.55. The van der Waals surface area contributed by atoms with Gasteiger partial charge in [-0.2, -0.15) is 12.6 Å². The minimum Gasteiger partial charge on any atom is -0.480 e. The summed E-state index contributed by atoms with van der Waals surface area (Å²) in [7, 11) is 0. The molecule has 0 aliphatic carbocycles. The highest BCUT2D eigenvalue weighted by molar-refractivity contribution is 7.80. The van der Waals surface area contributed by atoms with Gasteiger partial charge in [0.1, 0.15) is 18.6 Å². The zero-order valence-electron chi connectivity index (χ0n) is 17.0. The summed E-state index contributed by atoms with van der Waals surface area (Å²) in [6, 6.07) is -1.98. The summed E-state index contributed by atoms with van der Waals surface area (Å²) < 4.78 is 0. The third-order valence-electron chi connectivity index (χ3n) is 3.95. The van der Waals surface area contributed by atoms with E-state index in [-0.39, 0.29) is 18.6 Å². The minimum atomic E-state index is -1.21. The fourth-order valence-corrected chi connectivity index (χ4v) is 2.55. The fourth-order valence-electron chi connectivity index (χ4n) is 2.29. The van der Waals surface area contributed by atoms with E-state index in [1.54, 1.807) is 0 Å². The highest BCUT2D eigenvalue weighted by atomic mass is 32.1. The van der Waals surface area contributed by atoms with Gasteiger partial charge < -0.3 is 31.9 Å². The Labute approximate surface area is 181 Å². The highest BCUT2D eigenvalue weighted by Gasteiger charge is 2.22. The zero-order chi connectivity index (χ0) is 22.8. The molecule has 0 radical (unpaired) electrons. The normalized spacial score (nSPS) is 12.7.